The van der Waals surface area contributed by atoms with E-state index in [9.17, 15) is 14.7 Å². The molecule has 0 spiro atoms. The Hall–Kier alpha value is -1.68. The van der Waals surface area contributed by atoms with Crippen molar-refractivity contribution in [3.8, 4) is 0 Å². The molecule has 4 heteroatoms. The van der Waals surface area contributed by atoms with Crippen LogP contribution < -0.4 is 0 Å². The van der Waals surface area contributed by atoms with Gasteiger partial charge in [-0.15, -0.1) is 0 Å². The van der Waals surface area contributed by atoms with Gasteiger partial charge in [0.1, 0.15) is 6.10 Å². The Bertz CT molecular complexity index is 518. The van der Waals surface area contributed by atoms with Crippen LogP contribution in [-0.4, -0.2) is 29.1 Å². The number of aliphatic hydroxyl groups is 1. The van der Waals surface area contributed by atoms with Crippen molar-refractivity contribution in [2.45, 2.75) is 53.2 Å². The van der Waals surface area contributed by atoms with Crippen LogP contribution in [0.3, 0.4) is 0 Å². The zero-order valence-corrected chi connectivity index (χ0v) is 15.3. The summed E-state index contributed by atoms with van der Waals surface area (Å²) in [5.41, 5.74) is 0. The van der Waals surface area contributed by atoms with Crippen LogP contribution in [0.1, 0.15) is 41.0 Å². The van der Waals surface area contributed by atoms with Gasteiger partial charge in [0.15, 0.2) is 5.78 Å². The van der Waals surface area contributed by atoms with E-state index in [0.717, 1.165) is 0 Å². The number of esters is 1. The number of cyclic esters (lactones) is 1. The fraction of sp³-hybridized carbons (Fsp3) is 0.600. The molecule has 4 nitrogen and oxygen atoms in total. The molecule has 0 aliphatic carbocycles. The van der Waals surface area contributed by atoms with Crippen LogP contribution in [0.25, 0.3) is 0 Å². The second-order valence-electron chi connectivity index (χ2n) is 6.97. The predicted molar refractivity (Wildman–Crippen MR) is 95.3 cm³/mol. The summed E-state index contributed by atoms with van der Waals surface area (Å²) in [5.74, 6) is -0.691. The predicted octanol–water partition coefficient (Wildman–Crippen LogP) is 3.46. The van der Waals surface area contributed by atoms with Crippen LogP contribution in [0.15, 0.2) is 36.5 Å². The lowest BCUT2D eigenvalue weighted by molar-refractivity contribution is -0.143. The molecule has 0 radical (unpaired) electrons. The SMILES string of the molecule is CC1C[C@@H](C)C(=O)/C=C/C=C/[C@H](C)[C@@H](C)OC(=O)/C=C/[C@H](C)[C@H]1O. The standard InChI is InChI=1S/C20H30O4/c1-13-8-6-7-9-18(21)15(3)12-16(4)20(23)14(2)10-11-19(22)24-17(13)5/h6-11,13-17,20,23H,12H2,1-5H3/b8-6+,9-7+,11-10+/t13-,14-,15+,16?,17+,20+/m0/s1. The van der Waals surface area contributed by atoms with Crippen LogP contribution in [0, 0.1) is 23.7 Å². The normalized spacial score (nSPS) is 40.6. The van der Waals surface area contributed by atoms with E-state index in [1.165, 1.54) is 6.08 Å². The zero-order chi connectivity index (χ0) is 18.3. The molecule has 1 aliphatic rings. The monoisotopic (exact) mass is 334 g/mol. The van der Waals surface area contributed by atoms with Crippen LogP contribution in [0.4, 0.5) is 0 Å². The molecule has 0 saturated carbocycles. The van der Waals surface area contributed by atoms with Gasteiger partial charge in [-0.25, -0.2) is 4.79 Å². The van der Waals surface area contributed by atoms with Gasteiger partial charge in [-0.2, -0.15) is 0 Å². The molecule has 0 saturated heterocycles. The smallest absolute Gasteiger partial charge is 0.330 e. The van der Waals surface area contributed by atoms with Crippen molar-refractivity contribution in [3.05, 3.63) is 36.5 Å². The lowest BCUT2D eigenvalue weighted by atomic mass is 9.85. The number of carbonyl (C=O) groups excluding carboxylic acids is 2. The molecule has 0 bridgehead atoms. The van der Waals surface area contributed by atoms with Gasteiger partial charge < -0.3 is 9.84 Å². The molecule has 1 N–H and O–H groups in total. The van der Waals surface area contributed by atoms with Gasteiger partial charge in [-0.05, 0) is 25.3 Å². The molecule has 0 amide bonds. The highest BCUT2D eigenvalue weighted by atomic mass is 16.5. The minimum atomic E-state index is -0.613. The first-order valence-corrected chi connectivity index (χ1v) is 8.68. The number of hydrogen-bond acceptors (Lipinski definition) is 4. The van der Waals surface area contributed by atoms with Gasteiger partial charge in [-0.3, -0.25) is 4.79 Å². The quantitative estimate of drug-likeness (QED) is 0.689. The molecule has 0 aromatic rings. The second-order valence-corrected chi connectivity index (χ2v) is 6.97. The maximum atomic E-state index is 12.1. The van der Waals surface area contributed by atoms with Gasteiger partial charge in [0, 0.05) is 23.8 Å². The number of hydrogen-bond donors (Lipinski definition) is 1. The number of aliphatic hydroxyl groups excluding tert-OH is 1. The van der Waals surface area contributed by atoms with E-state index >= 15 is 0 Å². The largest absolute Gasteiger partial charge is 0.459 e. The van der Waals surface area contributed by atoms with Crippen molar-refractivity contribution in [2.75, 3.05) is 0 Å². The van der Waals surface area contributed by atoms with Gasteiger partial charge in [-0.1, -0.05) is 52.0 Å². The maximum absolute atomic E-state index is 12.1. The highest BCUT2D eigenvalue weighted by Crippen LogP contribution is 2.22. The molecular weight excluding hydrogens is 304 g/mol. The van der Waals surface area contributed by atoms with E-state index < -0.39 is 12.1 Å². The third-order valence-electron chi connectivity index (χ3n) is 4.70. The van der Waals surface area contributed by atoms with E-state index in [1.807, 2.05) is 46.8 Å². The molecule has 1 aliphatic heterocycles. The van der Waals surface area contributed by atoms with Crippen LogP contribution >= 0.6 is 0 Å². The lowest BCUT2D eigenvalue weighted by Crippen LogP contribution is -2.27. The van der Waals surface area contributed by atoms with Crippen molar-refractivity contribution in [3.63, 3.8) is 0 Å². The first-order chi connectivity index (χ1) is 11.2. The van der Waals surface area contributed by atoms with Crippen molar-refractivity contribution < 1.29 is 19.4 Å². The van der Waals surface area contributed by atoms with Crippen LogP contribution in [0.5, 0.6) is 0 Å². The summed E-state index contributed by atoms with van der Waals surface area (Å²) in [6.07, 6.45) is 9.79. The molecule has 24 heavy (non-hydrogen) atoms. The van der Waals surface area contributed by atoms with E-state index in [-0.39, 0.29) is 35.6 Å². The Kier molecular flexibility index (Phi) is 8.13. The summed E-state index contributed by atoms with van der Waals surface area (Å²) in [6.45, 7) is 9.45. The topological polar surface area (TPSA) is 63.6 Å². The minimum absolute atomic E-state index is 0.0375. The highest BCUT2D eigenvalue weighted by molar-refractivity contribution is 5.91. The van der Waals surface area contributed by atoms with E-state index in [0.29, 0.717) is 6.42 Å². The molecule has 1 unspecified atom stereocenters. The number of ketones is 1. The number of rotatable bonds is 0. The Labute approximate surface area is 145 Å². The average Bonchev–Trinajstić information content (AvgIpc) is 2.54. The average molecular weight is 334 g/mol. The first-order valence-electron chi connectivity index (χ1n) is 8.68. The molecule has 1 rings (SSSR count). The number of carbonyl (C=O) groups is 2. The van der Waals surface area contributed by atoms with Crippen molar-refractivity contribution >= 4 is 11.8 Å². The summed E-state index contributed by atoms with van der Waals surface area (Å²) in [7, 11) is 0. The summed E-state index contributed by atoms with van der Waals surface area (Å²) in [6, 6.07) is 0. The maximum Gasteiger partial charge on any atom is 0.330 e. The van der Waals surface area contributed by atoms with Gasteiger partial charge in [0.25, 0.3) is 0 Å². The van der Waals surface area contributed by atoms with Crippen molar-refractivity contribution in [2.24, 2.45) is 23.7 Å². The van der Waals surface area contributed by atoms with Crippen molar-refractivity contribution in [1.29, 1.82) is 0 Å². The molecule has 0 aromatic carbocycles. The van der Waals surface area contributed by atoms with Gasteiger partial charge >= 0.3 is 5.97 Å². The van der Waals surface area contributed by atoms with Gasteiger partial charge in [0.05, 0.1) is 6.10 Å². The Balaban J connectivity index is 2.99. The van der Waals surface area contributed by atoms with E-state index in [1.54, 1.807) is 18.2 Å². The molecule has 0 aromatic heterocycles. The minimum Gasteiger partial charge on any atom is -0.459 e. The Morgan fingerprint density at radius 1 is 0.958 bits per heavy atom. The van der Waals surface area contributed by atoms with E-state index in [2.05, 4.69) is 0 Å². The van der Waals surface area contributed by atoms with Gasteiger partial charge in [0.2, 0.25) is 0 Å². The Morgan fingerprint density at radius 3 is 2.29 bits per heavy atom. The summed E-state index contributed by atoms with van der Waals surface area (Å²) in [4.78, 5) is 24.0. The van der Waals surface area contributed by atoms with Crippen molar-refractivity contribution in [1.82, 2.24) is 0 Å². The van der Waals surface area contributed by atoms with Crippen LogP contribution in [-0.2, 0) is 14.3 Å². The molecule has 134 valence electrons. The number of allylic oxidation sites excluding steroid dienone is 3. The summed E-state index contributed by atoms with van der Waals surface area (Å²) < 4.78 is 5.36. The highest BCUT2D eigenvalue weighted by Gasteiger charge is 2.23. The summed E-state index contributed by atoms with van der Waals surface area (Å²) in [5, 5.41) is 10.4. The van der Waals surface area contributed by atoms with E-state index in [4.69, 9.17) is 4.74 Å². The second kappa shape index (κ2) is 9.58. The third kappa shape index (κ3) is 6.44. The summed E-state index contributed by atoms with van der Waals surface area (Å²) >= 11 is 0. The first kappa shape index (κ1) is 20.4. The lowest BCUT2D eigenvalue weighted by Gasteiger charge is -2.24. The molecule has 6 atom stereocenters. The third-order valence-corrected chi connectivity index (χ3v) is 4.70. The molecule has 0 fully saturated rings. The van der Waals surface area contributed by atoms with Crippen LogP contribution in [0.2, 0.25) is 0 Å². The Morgan fingerprint density at radius 2 is 1.62 bits per heavy atom. The fourth-order valence-electron chi connectivity index (χ4n) is 2.72. The zero-order valence-electron chi connectivity index (χ0n) is 15.3. The molecular formula is C20H30O4. The number of ether oxygens (including phenoxy) is 1. The fourth-order valence-corrected chi connectivity index (χ4v) is 2.72. The molecule has 1 heterocycles.